The van der Waals surface area contributed by atoms with Crippen molar-refractivity contribution < 1.29 is 4.74 Å². The molecule has 3 rings (SSSR count). The molecular formula is C23H30IN5O. The van der Waals surface area contributed by atoms with Gasteiger partial charge in [0.05, 0.1) is 7.11 Å². The number of aromatic nitrogens is 2. The van der Waals surface area contributed by atoms with Gasteiger partial charge in [0.25, 0.3) is 0 Å². The molecule has 0 radical (unpaired) electrons. The first-order chi connectivity index (χ1) is 14.2. The van der Waals surface area contributed by atoms with Gasteiger partial charge in [-0.1, -0.05) is 42.5 Å². The number of aliphatic imine (C=N–C) groups is 1. The number of guanidine groups is 1. The molecule has 0 saturated heterocycles. The van der Waals surface area contributed by atoms with E-state index in [2.05, 4.69) is 68.5 Å². The van der Waals surface area contributed by atoms with Gasteiger partial charge in [-0.25, -0.2) is 4.98 Å². The van der Waals surface area contributed by atoms with Crippen LogP contribution in [0.5, 0.6) is 5.75 Å². The average molecular weight is 519 g/mol. The zero-order chi connectivity index (χ0) is 20.5. The molecule has 7 heteroatoms. The number of rotatable bonds is 8. The summed E-state index contributed by atoms with van der Waals surface area (Å²) in [5.41, 5.74) is 3.54. The summed E-state index contributed by atoms with van der Waals surface area (Å²) >= 11 is 0. The number of hydrogen-bond acceptors (Lipinski definition) is 3. The highest BCUT2D eigenvalue weighted by molar-refractivity contribution is 14.0. The van der Waals surface area contributed by atoms with Crippen molar-refractivity contribution in [3.8, 4) is 5.75 Å². The summed E-state index contributed by atoms with van der Waals surface area (Å²) in [6.07, 6.45) is 4.70. The summed E-state index contributed by atoms with van der Waals surface area (Å²) in [7, 11) is 3.47. The minimum atomic E-state index is 0. The average Bonchev–Trinajstić information content (AvgIpc) is 3.18. The number of imidazole rings is 1. The molecule has 2 aromatic carbocycles. The third kappa shape index (κ3) is 6.76. The van der Waals surface area contributed by atoms with E-state index in [-0.39, 0.29) is 24.0 Å². The van der Waals surface area contributed by atoms with E-state index in [1.807, 2.05) is 24.5 Å². The topological polar surface area (TPSA) is 63.5 Å². The first-order valence-corrected chi connectivity index (χ1v) is 9.81. The summed E-state index contributed by atoms with van der Waals surface area (Å²) in [5, 5.41) is 6.71. The van der Waals surface area contributed by atoms with E-state index in [1.165, 1.54) is 11.1 Å². The molecule has 0 unspecified atom stereocenters. The Hall–Kier alpha value is -2.55. The Balaban J connectivity index is 0.00000320. The van der Waals surface area contributed by atoms with Gasteiger partial charge in [-0.3, -0.25) is 4.99 Å². The molecule has 1 aromatic heterocycles. The summed E-state index contributed by atoms with van der Waals surface area (Å²) in [5.74, 6) is 2.70. The quantitative estimate of drug-likeness (QED) is 0.270. The molecule has 0 bridgehead atoms. The highest BCUT2D eigenvalue weighted by atomic mass is 127. The minimum absolute atomic E-state index is 0. The van der Waals surface area contributed by atoms with Gasteiger partial charge in [-0.05, 0) is 24.1 Å². The van der Waals surface area contributed by atoms with E-state index < -0.39 is 0 Å². The van der Waals surface area contributed by atoms with Gasteiger partial charge in [0.15, 0.2) is 5.96 Å². The fraction of sp³-hybridized carbons (Fsp3) is 0.304. The zero-order valence-electron chi connectivity index (χ0n) is 17.8. The number of benzene rings is 2. The summed E-state index contributed by atoms with van der Waals surface area (Å²) < 4.78 is 7.66. The number of ether oxygens (including phenoxy) is 1. The van der Waals surface area contributed by atoms with Crippen molar-refractivity contribution in [2.24, 2.45) is 4.99 Å². The largest absolute Gasteiger partial charge is 0.496 e. The van der Waals surface area contributed by atoms with Crippen molar-refractivity contribution in [3.63, 3.8) is 0 Å². The maximum absolute atomic E-state index is 5.47. The fourth-order valence-electron chi connectivity index (χ4n) is 3.18. The van der Waals surface area contributed by atoms with Crippen molar-refractivity contribution in [1.29, 1.82) is 0 Å². The predicted molar refractivity (Wildman–Crippen MR) is 133 cm³/mol. The van der Waals surface area contributed by atoms with Crippen molar-refractivity contribution in [2.45, 2.75) is 26.4 Å². The number of halogens is 1. The predicted octanol–water partition coefficient (Wildman–Crippen LogP) is 3.77. The third-order valence-electron chi connectivity index (χ3n) is 4.75. The van der Waals surface area contributed by atoms with E-state index in [1.54, 1.807) is 14.2 Å². The molecule has 0 amide bonds. The SMILES string of the molecule is CN=C(NCCc1nccn1Cc1ccccc1)NCc1ccc(C)cc1OC.I. The van der Waals surface area contributed by atoms with Crippen LogP contribution in [-0.2, 0) is 19.5 Å². The molecular weight excluding hydrogens is 489 g/mol. The highest BCUT2D eigenvalue weighted by Crippen LogP contribution is 2.19. The Morgan fingerprint density at radius 3 is 2.67 bits per heavy atom. The molecule has 0 spiro atoms. The lowest BCUT2D eigenvalue weighted by Crippen LogP contribution is -2.38. The second-order valence-electron chi connectivity index (χ2n) is 6.87. The van der Waals surface area contributed by atoms with Crippen LogP contribution in [0.3, 0.4) is 0 Å². The molecule has 0 aliphatic heterocycles. The standard InChI is InChI=1S/C23H29N5O.HI/c1-18-9-10-20(21(15-18)29-3)16-27-23(24-2)26-12-11-22-25-13-14-28(22)17-19-7-5-4-6-8-19;/h4-10,13-15H,11-12,16-17H2,1-3H3,(H2,24,26,27);1H. The van der Waals surface area contributed by atoms with Gasteiger partial charge in [-0.2, -0.15) is 0 Å². The van der Waals surface area contributed by atoms with Crippen LogP contribution in [0.25, 0.3) is 0 Å². The Kier molecular flexibility index (Phi) is 9.66. The molecule has 160 valence electrons. The van der Waals surface area contributed by atoms with E-state index in [0.717, 1.165) is 42.6 Å². The van der Waals surface area contributed by atoms with Crippen molar-refractivity contribution >= 4 is 29.9 Å². The number of hydrogen-bond donors (Lipinski definition) is 2. The van der Waals surface area contributed by atoms with E-state index in [9.17, 15) is 0 Å². The normalized spacial score (nSPS) is 11.0. The lowest BCUT2D eigenvalue weighted by Gasteiger charge is -2.14. The van der Waals surface area contributed by atoms with Gasteiger partial charge in [0.1, 0.15) is 11.6 Å². The lowest BCUT2D eigenvalue weighted by atomic mass is 10.1. The molecule has 1 heterocycles. The summed E-state index contributed by atoms with van der Waals surface area (Å²) in [6, 6.07) is 16.6. The molecule has 0 atom stereocenters. The van der Waals surface area contributed by atoms with Crippen LogP contribution in [0.1, 0.15) is 22.5 Å². The van der Waals surface area contributed by atoms with E-state index in [4.69, 9.17) is 4.74 Å². The smallest absolute Gasteiger partial charge is 0.191 e. The maximum Gasteiger partial charge on any atom is 0.191 e. The first-order valence-electron chi connectivity index (χ1n) is 9.81. The number of methoxy groups -OCH3 is 1. The molecule has 0 aliphatic carbocycles. The molecule has 6 nitrogen and oxygen atoms in total. The van der Waals surface area contributed by atoms with Crippen LogP contribution in [0.2, 0.25) is 0 Å². The van der Waals surface area contributed by atoms with Crippen molar-refractivity contribution in [2.75, 3.05) is 20.7 Å². The van der Waals surface area contributed by atoms with Crippen LogP contribution in [0.15, 0.2) is 65.9 Å². The van der Waals surface area contributed by atoms with Crippen LogP contribution in [0, 0.1) is 6.92 Å². The van der Waals surface area contributed by atoms with Crippen LogP contribution < -0.4 is 15.4 Å². The van der Waals surface area contributed by atoms with Crippen molar-refractivity contribution in [3.05, 3.63) is 83.4 Å². The Morgan fingerprint density at radius 1 is 1.13 bits per heavy atom. The molecule has 0 saturated carbocycles. The Labute approximate surface area is 195 Å². The van der Waals surface area contributed by atoms with Crippen LogP contribution in [0.4, 0.5) is 0 Å². The molecule has 3 aromatic rings. The summed E-state index contributed by atoms with van der Waals surface area (Å²) in [4.78, 5) is 8.82. The first kappa shape index (κ1) is 23.7. The Morgan fingerprint density at radius 2 is 1.93 bits per heavy atom. The summed E-state index contributed by atoms with van der Waals surface area (Å²) in [6.45, 7) is 4.28. The van der Waals surface area contributed by atoms with Gasteiger partial charge in [0.2, 0.25) is 0 Å². The molecule has 30 heavy (non-hydrogen) atoms. The number of nitrogens with one attached hydrogen (secondary N) is 2. The van der Waals surface area contributed by atoms with Crippen LogP contribution in [-0.4, -0.2) is 36.2 Å². The third-order valence-corrected chi connectivity index (χ3v) is 4.75. The second-order valence-corrected chi connectivity index (χ2v) is 6.87. The second kappa shape index (κ2) is 12.2. The molecule has 0 fully saturated rings. The highest BCUT2D eigenvalue weighted by Gasteiger charge is 2.07. The number of nitrogens with zero attached hydrogens (tertiary/aromatic N) is 3. The number of aryl methyl sites for hydroxylation is 1. The minimum Gasteiger partial charge on any atom is -0.496 e. The molecule has 0 aliphatic rings. The Bertz CT molecular complexity index is 940. The van der Waals surface area contributed by atoms with Crippen LogP contribution >= 0.6 is 24.0 Å². The van der Waals surface area contributed by atoms with Gasteiger partial charge >= 0.3 is 0 Å². The molecule has 2 N–H and O–H groups in total. The van der Waals surface area contributed by atoms with Crippen molar-refractivity contribution in [1.82, 2.24) is 20.2 Å². The fourth-order valence-corrected chi connectivity index (χ4v) is 3.18. The maximum atomic E-state index is 5.47. The monoisotopic (exact) mass is 519 g/mol. The van der Waals surface area contributed by atoms with Gasteiger partial charge in [0, 0.05) is 51.1 Å². The van der Waals surface area contributed by atoms with E-state index >= 15 is 0 Å². The zero-order valence-corrected chi connectivity index (χ0v) is 20.1. The van der Waals surface area contributed by atoms with Gasteiger partial charge in [-0.15, -0.1) is 24.0 Å². The lowest BCUT2D eigenvalue weighted by molar-refractivity contribution is 0.408. The van der Waals surface area contributed by atoms with Gasteiger partial charge < -0.3 is 19.9 Å². The van der Waals surface area contributed by atoms with E-state index in [0.29, 0.717) is 6.54 Å².